The van der Waals surface area contributed by atoms with Gasteiger partial charge in [0.15, 0.2) is 15.7 Å². The number of rotatable bonds is 4. The number of hydrogen-bond donors (Lipinski definition) is 1. The molecular formula is C9H8BrN3O3S. The van der Waals surface area contributed by atoms with Gasteiger partial charge in [-0.05, 0) is 22.0 Å². The second kappa shape index (κ2) is 4.92. The minimum Gasteiger partial charge on any atom is -0.481 e. The maximum atomic E-state index is 10.5. The van der Waals surface area contributed by atoms with Gasteiger partial charge in [-0.2, -0.15) is 5.10 Å². The first-order chi connectivity index (χ1) is 8.08. The number of carboxylic acids is 1. The van der Waals surface area contributed by atoms with Gasteiger partial charge in [-0.15, -0.1) is 0 Å². The molecule has 0 atom stereocenters. The predicted molar refractivity (Wildman–Crippen MR) is 64.8 cm³/mol. The highest BCUT2D eigenvalue weighted by molar-refractivity contribution is 9.10. The Morgan fingerprint density at radius 3 is 3.06 bits per heavy atom. The summed E-state index contributed by atoms with van der Waals surface area (Å²) in [4.78, 5) is 14.7. The topological polar surface area (TPSA) is 81.2 Å². The smallest absolute Gasteiger partial charge is 0.313 e. The SMILES string of the molecule is Cn1nc(-c2ccoc2Br)nc1SCC(=O)O. The maximum Gasteiger partial charge on any atom is 0.313 e. The van der Waals surface area contributed by atoms with Crippen LogP contribution in [0.15, 0.2) is 26.6 Å². The van der Waals surface area contributed by atoms with Gasteiger partial charge in [0.2, 0.25) is 0 Å². The minimum absolute atomic E-state index is 0.0431. The highest BCUT2D eigenvalue weighted by Gasteiger charge is 2.14. The van der Waals surface area contributed by atoms with Crippen molar-refractivity contribution in [2.45, 2.75) is 5.16 Å². The van der Waals surface area contributed by atoms with Crippen LogP contribution in [-0.4, -0.2) is 31.6 Å². The highest BCUT2D eigenvalue weighted by Crippen LogP contribution is 2.28. The lowest BCUT2D eigenvalue weighted by Gasteiger charge is -1.94. The van der Waals surface area contributed by atoms with E-state index in [0.717, 1.165) is 17.3 Å². The molecule has 0 bridgehead atoms. The Morgan fingerprint density at radius 1 is 1.71 bits per heavy atom. The van der Waals surface area contributed by atoms with Crippen molar-refractivity contribution in [3.05, 3.63) is 17.0 Å². The Morgan fingerprint density at radius 2 is 2.47 bits per heavy atom. The van der Waals surface area contributed by atoms with Crippen molar-refractivity contribution in [1.82, 2.24) is 14.8 Å². The van der Waals surface area contributed by atoms with Crippen LogP contribution in [0.25, 0.3) is 11.4 Å². The van der Waals surface area contributed by atoms with Gasteiger partial charge >= 0.3 is 5.97 Å². The molecule has 8 heteroatoms. The summed E-state index contributed by atoms with van der Waals surface area (Å²) in [5.41, 5.74) is 0.739. The Kier molecular flexibility index (Phi) is 3.53. The molecule has 0 aromatic carbocycles. The normalized spacial score (nSPS) is 10.7. The molecule has 2 aromatic rings. The third-order valence-electron chi connectivity index (χ3n) is 1.91. The van der Waals surface area contributed by atoms with Gasteiger partial charge in [-0.3, -0.25) is 4.79 Å². The Labute approximate surface area is 109 Å². The Bertz CT molecular complexity index is 551. The van der Waals surface area contributed by atoms with Crippen molar-refractivity contribution in [3.8, 4) is 11.4 Å². The van der Waals surface area contributed by atoms with Gasteiger partial charge in [0.25, 0.3) is 0 Å². The fraction of sp³-hybridized carbons (Fsp3) is 0.222. The third kappa shape index (κ3) is 2.70. The summed E-state index contributed by atoms with van der Waals surface area (Å²) in [5, 5.41) is 13.3. The van der Waals surface area contributed by atoms with Gasteiger partial charge in [0.1, 0.15) is 0 Å². The molecule has 0 saturated carbocycles. The number of nitrogens with zero attached hydrogens (tertiary/aromatic N) is 3. The molecule has 0 fully saturated rings. The summed E-state index contributed by atoms with van der Waals surface area (Å²) >= 11 is 4.37. The zero-order chi connectivity index (χ0) is 12.4. The van der Waals surface area contributed by atoms with Gasteiger partial charge in [0, 0.05) is 7.05 Å². The van der Waals surface area contributed by atoms with Crippen molar-refractivity contribution in [2.24, 2.45) is 7.05 Å². The molecule has 6 nitrogen and oxygen atoms in total. The minimum atomic E-state index is -0.885. The highest BCUT2D eigenvalue weighted by atomic mass is 79.9. The quantitative estimate of drug-likeness (QED) is 0.869. The fourth-order valence-electron chi connectivity index (χ4n) is 1.19. The van der Waals surface area contributed by atoms with E-state index >= 15 is 0 Å². The van der Waals surface area contributed by atoms with Crippen LogP contribution in [0.1, 0.15) is 0 Å². The van der Waals surface area contributed by atoms with Gasteiger partial charge in [-0.1, -0.05) is 11.8 Å². The summed E-state index contributed by atoms with van der Waals surface area (Å²) < 4.78 is 7.19. The number of hydrogen-bond acceptors (Lipinski definition) is 5. The first-order valence-electron chi connectivity index (χ1n) is 4.57. The summed E-state index contributed by atoms with van der Waals surface area (Å²) in [7, 11) is 1.72. The number of aliphatic carboxylic acids is 1. The molecule has 90 valence electrons. The van der Waals surface area contributed by atoms with E-state index in [1.807, 2.05) is 0 Å². The average molecular weight is 318 g/mol. The van der Waals surface area contributed by atoms with E-state index in [0.29, 0.717) is 15.7 Å². The van der Waals surface area contributed by atoms with Crippen LogP contribution in [0.3, 0.4) is 0 Å². The number of carboxylic acid groups (broad SMARTS) is 1. The maximum absolute atomic E-state index is 10.5. The van der Waals surface area contributed by atoms with Crippen molar-refractivity contribution >= 4 is 33.7 Å². The summed E-state index contributed by atoms with van der Waals surface area (Å²) in [6.07, 6.45) is 1.53. The first kappa shape index (κ1) is 12.2. The van der Waals surface area contributed by atoms with Crippen molar-refractivity contribution in [3.63, 3.8) is 0 Å². The third-order valence-corrected chi connectivity index (χ3v) is 3.53. The standard InChI is InChI=1S/C9H8BrN3O3S/c1-13-9(17-4-6(14)15)11-8(12-13)5-2-3-16-7(5)10/h2-3H,4H2,1H3,(H,14,15). The molecule has 0 saturated heterocycles. The predicted octanol–water partition coefficient (Wildman–Crippen LogP) is 2.01. The van der Waals surface area contributed by atoms with Crippen molar-refractivity contribution in [2.75, 3.05) is 5.75 Å². The van der Waals surface area contributed by atoms with Crippen LogP contribution in [0, 0.1) is 0 Å². The lowest BCUT2D eigenvalue weighted by Crippen LogP contribution is -2.00. The van der Waals surface area contributed by atoms with E-state index in [9.17, 15) is 4.79 Å². The van der Waals surface area contributed by atoms with Crippen molar-refractivity contribution in [1.29, 1.82) is 0 Å². The zero-order valence-electron chi connectivity index (χ0n) is 8.75. The summed E-state index contributed by atoms with van der Waals surface area (Å²) in [6, 6.07) is 1.74. The monoisotopic (exact) mass is 317 g/mol. The van der Waals surface area contributed by atoms with Gasteiger partial charge in [0.05, 0.1) is 17.6 Å². The van der Waals surface area contributed by atoms with E-state index < -0.39 is 5.97 Å². The van der Waals surface area contributed by atoms with Crippen LogP contribution in [0.2, 0.25) is 0 Å². The average Bonchev–Trinajstić information content (AvgIpc) is 2.82. The first-order valence-corrected chi connectivity index (χ1v) is 6.35. The number of aryl methyl sites for hydroxylation is 1. The lowest BCUT2D eigenvalue weighted by atomic mass is 10.3. The number of halogens is 1. The number of carbonyl (C=O) groups is 1. The molecule has 0 aliphatic rings. The summed E-state index contributed by atoms with van der Waals surface area (Å²) in [6.45, 7) is 0. The van der Waals surface area contributed by atoms with E-state index in [2.05, 4.69) is 26.0 Å². The van der Waals surface area contributed by atoms with E-state index in [1.165, 1.54) is 6.26 Å². The molecule has 0 spiro atoms. The van der Waals surface area contributed by atoms with Crippen LogP contribution in [-0.2, 0) is 11.8 Å². The number of furan rings is 1. The zero-order valence-corrected chi connectivity index (χ0v) is 11.2. The molecule has 0 amide bonds. The molecule has 2 heterocycles. The van der Waals surface area contributed by atoms with E-state index in [1.54, 1.807) is 17.8 Å². The van der Waals surface area contributed by atoms with E-state index in [4.69, 9.17) is 9.52 Å². The molecule has 2 rings (SSSR count). The van der Waals surface area contributed by atoms with Gasteiger partial charge < -0.3 is 9.52 Å². The fourth-order valence-corrected chi connectivity index (χ4v) is 2.24. The van der Waals surface area contributed by atoms with Crippen LogP contribution in [0.4, 0.5) is 0 Å². The second-order valence-electron chi connectivity index (χ2n) is 3.13. The summed E-state index contributed by atoms with van der Waals surface area (Å²) in [5.74, 6) is -0.427. The second-order valence-corrected chi connectivity index (χ2v) is 4.79. The molecular weight excluding hydrogens is 310 g/mol. The Balaban J connectivity index is 2.24. The molecule has 0 radical (unpaired) electrons. The van der Waals surface area contributed by atoms with Crippen LogP contribution in [0.5, 0.6) is 0 Å². The van der Waals surface area contributed by atoms with E-state index in [-0.39, 0.29) is 5.75 Å². The van der Waals surface area contributed by atoms with Crippen LogP contribution >= 0.6 is 27.7 Å². The largest absolute Gasteiger partial charge is 0.481 e. The lowest BCUT2D eigenvalue weighted by molar-refractivity contribution is -0.133. The molecule has 0 aliphatic heterocycles. The van der Waals surface area contributed by atoms with Crippen LogP contribution < -0.4 is 0 Å². The molecule has 2 aromatic heterocycles. The van der Waals surface area contributed by atoms with Crippen molar-refractivity contribution < 1.29 is 14.3 Å². The molecule has 0 aliphatic carbocycles. The van der Waals surface area contributed by atoms with Gasteiger partial charge in [-0.25, -0.2) is 9.67 Å². The Hall–Kier alpha value is -1.28. The molecule has 0 unspecified atom stereocenters. The molecule has 1 N–H and O–H groups in total. The number of aromatic nitrogens is 3. The number of thioether (sulfide) groups is 1. The molecule has 17 heavy (non-hydrogen) atoms.